The molecule has 0 aromatic carbocycles. The van der Waals surface area contributed by atoms with Crippen LogP contribution in [0, 0.1) is 5.92 Å². The van der Waals surface area contributed by atoms with E-state index in [1.165, 1.54) is 0 Å². The molecule has 0 aliphatic carbocycles. The van der Waals surface area contributed by atoms with E-state index in [1.54, 1.807) is 26.0 Å². The molecule has 0 unspecified atom stereocenters. The van der Waals surface area contributed by atoms with Crippen molar-refractivity contribution in [3.8, 4) is 0 Å². The van der Waals surface area contributed by atoms with Gasteiger partial charge in [0.15, 0.2) is 0 Å². The maximum Gasteiger partial charge on any atom is 0.247 e. The zero-order valence-corrected chi connectivity index (χ0v) is 17.4. The number of carbonyl (C=O) groups is 1. The third kappa shape index (κ3) is 11.2. The standard InChI is InChI=1S/C23H35NO3/c1-7-18(3)22(26)20(5)15-17(2)13-11-9-8-10-12-14-19(4)23(27)24-21(6)16-25/h7-15,20-22,25-26H,16H2,1-6H3,(H,24,27)/b9-8-,12-10+,13-11+,17-15+,18-7+,19-14+/t20-,21+,22-/m0/s1. The lowest BCUT2D eigenvalue weighted by atomic mass is 9.96. The first kappa shape index (κ1) is 24.8. The van der Waals surface area contributed by atoms with E-state index in [0.29, 0.717) is 5.57 Å². The average Bonchev–Trinajstić information content (AvgIpc) is 2.65. The summed E-state index contributed by atoms with van der Waals surface area (Å²) in [5.74, 6) is -0.127. The van der Waals surface area contributed by atoms with Gasteiger partial charge < -0.3 is 15.5 Å². The Labute approximate surface area is 164 Å². The van der Waals surface area contributed by atoms with Crippen LogP contribution in [-0.4, -0.2) is 34.9 Å². The summed E-state index contributed by atoms with van der Waals surface area (Å²) in [4.78, 5) is 11.8. The molecule has 0 aromatic heterocycles. The lowest BCUT2D eigenvalue weighted by Crippen LogP contribution is -2.35. The first-order chi connectivity index (χ1) is 12.7. The molecule has 0 spiro atoms. The van der Waals surface area contributed by atoms with Gasteiger partial charge in [0.05, 0.1) is 12.7 Å². The van der Waals surface area contributed by atoms with E-state index in [0.717, 1.165) is 11.1 Å². The Morgan fingerprint density at radius 1 is 1.04 bits per heavy atom. The molecule has 150 valence electrons. The number of allylic oxidation sites excluding steroid dienone is 9. The quantitative estimate of drug-likeness (QED) is 0.308. The minimum absolute atomic E-state index is 0.0579. The topological polar surface area (TPSA) is 69.6 Å². The van der Waals surface area contributed by atoms with E-state index in [-0.39, 0.29) is 24.5 Å². The van der Waals surface area contributed by atoms with E-state index < -0.39 is 6.10 Å². The van der Waals surface area contributed by atoms with Crippen molar-refractivity contribution in [1.82, 2.24) is 5.32 Å². The van der Waals surface area contributed by atoms with Crippen LogP contribution in [0.4, 0.5) is 0 Å². The van der Waals surface area contributed by atoms with Crippen molar-refractivity contribution in [3.63, 3.8) is 0 Å². The molecule has 0 bridgehead atoms. The number of rotatable bonds is 10. The molecule has 0 fully saturated rings. The van der Waals surface area contributed by atoms with Crippen molar-refractivity contribution >= 4 is 5.91 Å². The Morgan fingerprint density at radius 3 is 2.22 bits per heavy atom. The fourth-order valence-electron chi connectivity index (χ4n) is 2.21. The summed E-state index contributed by atoms with van der Waals surface area (Å²) in [6, 6.07) is -0.253. The lowest BCUT2D eigenvalue weighted by molar-refractivity contribution is -0.118. The van der Waals surface area contributed by atoms with Crippen LogP contribution in [-0.2, 0) is 4.79 Å². The molecule has 0 radical (unpaired) electrons. The summed E-state index contributed by atoms with van der Waals surface area (Å²) in [6.07, 6.45) is 16.6. The fourth-order valence-corrected chi connectivity index (χ4v) is 2.21. The van der Waals surface area contributed by atoms with Crippen molar-refractivity contribution in [2.24, 2.45) is 5.92 Å². The summed E-state index contributed by atoms with van der Waals surface area (Å²) in [6.45, 7) is 11.3. The number of hydrogen-bond acceptors (Lipinski definition) is 3. The molecule has 0 aliphatic rings. The second-order valence-corrected chi connectivity index (χ2v) is 6.78. The van der Waals surface area contributed by atoms with E-state index in [1.807, 2.05) is 64.2 Å². The summed E-state index contributed by atoms with van der Waals surface area (Å²) in [5, 5.41) is 21.8. The van der Waals surface area contributed by atoms with Gasteiger partial charge in [-0.05, 0) is 40.2 Å². The molecular weight excluding hydrogens is 338 g/mol. The number of aliphatic hydroxyl groups is 2. The largest absolute Gasteiger partial charge is 0.394 e. The van der Waals surface area contributed by atoms with Crippen molar-refractivity contribution in [2.45, 2.75) is 53.7 Å². The van der Waals surface area contributed by atoms with Crippen LogP contribution in [0.25, 0.3) is 0 Å². The van der Waals surface area contributed by atoms with Gasteiger partial charge in [0.2, 0.25) is 5.91 Å². The van der Waals surface area contributed by atoms with E-state index in [4.69, 9.17) is 5.11 Å². The molecular formula is C23H35NO3. The molecule has 0 aliphatic heterocycles. The Kier molecular flexibility index (Phi) is 12.8. The van der Waals surface area contributed by atoms with Crippen LogP contribution in [0.5, 0.6) is 0 Å². The third-order valence-electron chi connectivity index (χ3n) is 4.10. The number of amides is 1. The van der Waals surface area contributed by atoms with Crippen LogP contribution >= 0.6 is 0 Å². The fraction of sp³-hybridized carbons (Fsp3) is 0.435. The van der Waals surface area contributed by atoms with Gasteiger partial charge in [-0.15, -0.1) is 0 Å². The third-order valence-corrected chi connectivity index (χ3v) is 4.10. The number of aliphatic hydroxyl groups excluding tert-OH is 2. The Balaban J connectivity index is 4.56. The van der Waals surface area contributed by atoms with Crippen LogP contribution < -0.4 is 5.32 Å². The number of carbonyl (C=O) groups excluding carboxylic acids is 1. The number of nitrogens with one attached hydrogen (secondary N) is 1. The molecule has 0 rings (SSSR count). The predicted octanol–water partition coefficient (Wildman–Crippen LogP) is 4.01. The zero-order chi connectivity index (χ0) is 20.8. The van der Waals surface area contributed by atoms with Crippen molar-refractivity contribution < 1.29 is 15.0 Å². The van der Waals surface area contributed by atoms with Crippen LogP contribution in [0.1, 0.15) is 41.5 Å². The SMILES string of the molecule is C/C=C(\C)[C@H](O)[C@@H](C)/C=C(C)/C=C/C=C\C=C\C=C(/C)C(=O)N[C@H](C)CO. The van der Waals surface area contributed by atoms with Crippen LogP contribution in [0.3, 0.4) is 0 Å². The molecule has 0 saturated carbocycles. The molecule has 0 heterocycles. The normalized spacial score (nSPS) is 17.7. The van der Waals surface area contributed by atoms with Crippen molar-refractivity contribution in [1.29, 1.82) is 0 Å². The van der Waals surface area contributed by atoms with Gasteiger partial charge in [-0.2, -0.15) is 0 Å². The summed E-state index contributed by atoms with van der Waals surface area (Å²) in [7, 11) is 0. The molecule has 1 amide bonds. The highest BCUT2D eigenvalue weighted by molar-refractivity contribution is 5.93. The van der Waals surface area contributed by atoms with Crippen molar-refractivity contribution in [2.75, 3.05) is 6.61 Å². The van der Waals surface area contributed by atoms with E-state index in [2.05, 4.69) is 11.4 Å². The van der Waals surface area contributed by atoms with Gasteiger partial charge in [-0.1, -0.05) is 67.2 Å². The highest BCUT2D eigenvalue weighted by atomic mass is 16.3. The van der Waals surface area contributed by atoms with Gasteiger partial charge in [0.1, 0.15) is 0 Å². The molecule has 3 atom stereocenters. The molecule has 0 saturated heterocycles. The summed E-state index contributed by atoms with van der Waals surface area (Å²) in [5.41, 5.74) is 2.64. The minimum atomic E-state index is -0.454. The van der Waals surface area contributed by atoms with Gasteiger partial charge in [-0.25, -0.2) is 0 Å². The van der Waals surface area contributed by atoms with Gasteiger partial charge in [0, 0.05) is 17.5 Å². The Hall–Kier alpha value is -2.17. The first-order valence-electron chi connectivity index (χ1n) is 9.32. The maximum absolute atomic E-state index is 11.8. The molecule has 4 heteroatoms. The van der Waals surface area contributed by atoms with E-state index >= 15 is 0 Å². The maximum atomic E-state index is 11.8. The summed E-state index contributed by atoms with van der Waals surface area (Å²) < 4.78 is 0. The predicted molar refractivity (Wildman–Crippen MR) is 114 cm³/mol. The van der Waals surface area contributed by atoms with Gasteiger partial charge in [0.25, 0.3) is 0 Å². The first-order valence-corrected chi connectivity index (χ1v) is 9.32. The number of hydrogen-bond donors (Lipinski definition) is 3. The molecule has 3 N–H and O–H groups in total. The second kappa shape index (κ2) is 14.0. The second-order valence-electron chi connectivity index (χ2n) is 6.78. The van der Waals surface area contributed by atoms with Gasteiger partial charge in [-0.3, -0.25) is 4.79 Å². The average molecular weight is 374 g/mol. The molecule has 27 heavy (non-hydrogen) atoms. The minimum Gasteiger partial charge on any atom is -0.394 e. The molecule has 4 nitrogen and oxygen atoms in total. The molecule has 0 aromatic rings. The highest BCUT2D eigenvalue weighted by Crippen LogP contribution is 2.15. The van der Waals surface area contributed by atoms with E-state index in [9.17, 15) is 9.90 Å². The highest BCUT2D eigenvalue weighted by Gasteiger charge is 2.12. The van der Waals surface area contributed by atoms with Crippen molar-refractivity contribution in [3.05, 3.63) is 71.4 Å². The van der Waals surface area contributed by atoms with Gasteiger partial charge >= 0.3 is 0 Å². The van der Waals surface area contributed by atoms with Crippen LogP contribution in [0.2, 0.25) is 0 Å². The lowest BCUT2D eigenvalue weighted by Gasteiger charge is -2.16. The summed E-state index contributed by atoms with van der Waals surface area (Å²) >= 11 is 0. The zero-order valence-electron chi connectivity index (χ0n) is 17.4. The Morgan fingerprint density at radius 2 is 1.63 bits per heavy atom. The Bertz CT molecular complexity index is 636. The van der Waals surface area contributed by atoms with Crippen LogP contribution in [0.15, 0.2) is 71.4 Å². The smallest absolute Gasteiger partial charge is 0.247 e. The monoisotopic (exact) mass is 373 g/mol.